The molecule has 1 aliphatic rings. The maximum atomic E-state index is 12.3. The number of hydrogen-bond donors (Lipinski definition) is 1. The van der Waals surface area contributed by atoms with E-state index in [2.05, 4.69) is 46.4 Å². The van der Waals surface area contributed by atoms with Crippen LogP contribution in [-0.4, -0.2) is 47.0 Å². The smallest absolute Gasteiger partial charge is 0.317 e. The third-order valence-electron chi connectivity index (χ3n) is 4.38. The molecule has 0 unspecified atom stereocenters. The molecule has 0 saturated carbocycles. The molecule has 1 aromatic heterocycles. The van der Waals surface area contributed by atoms with Gasteiger partial charge in [0.2, 0.25) is 0 Å². The summed E-state index contributed by atoms with van der Waals surface area (Å²) in [6.45, 7) is 6.90. The van der Waals surface area contributed by atoms with Crippen LogP contribution < -0.4 is 5.32 Å². The second-order valence-corrected chi connectivity index (χ2v) is 6.26. The maximum Gasteiger partial charge on any atom is 0.317 e. The summed E-state index contributed by atoms with van der Waals surface area (Å²) >= 11 is 0. The first-order valence-corrected chi connectivity index (χ1v) is 8.40. The molecule has 126 valence electrons. The zero-order valence-corrected chi connectivity index (χ0v) is 14.1. The van der Waals surface area contributed by atoms with E-state index >= 15 is 0 Å². The molecule has 1 saturated heterocycles. The molecule has 0 aliphatic carbocycles. The van der Waals surface area contributed by atoms with Crippen molar-refractivity contribution < 1.29 is 4.79 Å². The number of amides is 2. The van der Waals surface area contributed by atoms with Crippen LogP contribution in [0.4, 0.5) is 4.79 Å². The van der Waals surface area contributed by atoms with E-state index < -0.39 is 0 Å². The number of aromatic nitrogens is 1. The van der Waals surface area contributed by atoms with Gasteiger partial charge >= 0.3 is 6.03 Å². The SMILES string of the molecule is Cc1ccc(CNC(=O)N2CCN(Cc3ccncc3)CC2)cc1. The zero-order valence-electron chi connectivity index (χ0n) is 14.1. The predicted octanol–water partition coefficient (Wildman–Crippen LogP) is 2.42. The van der Waals surface area contributed by atoms with Gasteiger partial charge in [0, 0.05) is 51.7 Å². The third-order valence-corrected chi connectivity index (χ3v) is 4.38. The second kappa shape index (κ2) is 7.93. The highest BCUT2D eigenvalue weighted by molar-refractivity contribution is 5.74. The van der Waals surface area contributed by atoms with Gasteiger partial charge in [-0.2, -0.15) is 0 Å². The fourth-order valence-electron chi connectivity index (χ4n) is 2.85. The first kappa shape index (κ1) is 16.5. The number of nitrogens with one attached hydrogen (secondary N) is 1. The fraction of sp³-hybridized carbons (Fsp3) is 0.368. The van der Waals surface area contributed by atoms with Gasteiger partial charge in [0.1, 0.15) is 0 Å². The van der Waals surface area contributed by atoms with Crippen LogP contribution in [0.25, 0.3) is 0 Å². The Labute approximate surface area is 143 Å². The van der Waals surface area contributed by atoms with E-state index in [1.165, 1.54) is 11.1 Å². The van der Waals surface area contributed by atoms with Gasteiger partial charge in [0.05, 0.1) is 0 Å². The van der Waals surface area contributed by atoms with Gasteiger partial charge in [-0.25, -0.2) is 4.79 Å². The molecule has 0 spiro atoms. The van der Waals surface area contributed by atoms with E-state index in [4.69, 9.17) is 0 Å². The number of nitrogens with zero attached hydrogens (tertiary/aromatic N) is 3. The lowest BCUT2D eigenvalue weighted by Gasteiger charge is -2.34. The Balaban J connectivity index is 1.42. The largest absolute Gasteiger partial charge is 0.334 e. The summed E-state index contributed by atoms with van der Waals surface area (Å²) in [6.07, 6.45) is 3.65. The van der Waals surface area contributed by atoms with Gasteiger partial charge in [-0.05, 0) is 30.2 Å². The molecule has 3 rings (SSSR count). The lowest BCUT2D eigenvalue weighted by Crippen LogP contribution is -2.51. The average Bonchev–Trinajstić information content (AvgIpc) is 2.62. The van der Waals surface area contributed by atoms with Gasteiger partial charge in [0.15, 0.2) is 0 Å². The molecule has 1 aliphatic heterocycles. The number of piperazine rings is 1. The van der Waals surface area contributed by atoms with Crippen molar-refractivity contribution >= 4 is 6.03 Å². The summed E-state index contributed by atoms with van der Waals surface area (Å²) in [5, 5.41) is 3.01. The molecule has 5 heteroatoms. The van der Waals surface area contributed by atoms with Gasteiger partial charge < -0.3 is 10.2 Å². The van der Waals surface area contributed by atoms with Crippen molar-refractivity contribution in [3.63, 3.8) is 0 Å². The van der Waals surface area contributed by atoms with Gasteiger partial charge in [-0.3, -0.25) is 9.88 Å². The van der Waals surface area contributed by atoms with Crippen LogP contribution in [0.15, 0.2) is 48.8 Å². The van der Waals surface area contributed by atoms with Crippen LogP contribution >= 0.6 is 0 Å². The standard InChI is InChI=1S/C19H24N4O/c1-16-2-4-17(5-3-16)14-21-19(24)23-12-10-22(11-13-23)15-18-6-8-20-9-7-18/h2-9H,10-15H2,1H3,(H,21,24). The Kier molecular flexibility index (Phi) is 5.43. The first-order chi connectivity index (χ1) is 11.7. The predicted molar refractivity (Wildman–Crippen MR) is 94.5 cm³/mol. The quantitative estimate of drug-likeness (QED) is 0.939. The van der Waals surface area contributed by atoms with Crippen LogP contribution in [0.2, 0.25) is 0 Å². The van der Waals surface area contributed by atoms with E-state index in [1.54, 1.807) is 0 Å². The van der Waals surface area contributed by atoms with Crippen molar-refractivity contribution in [1.82, 2.24) is 20.1 Å². The first-order valence-electron chi connectivity index (χ1n) is 8.40. The van der Waals surface area contributed by atoms with E-state index in [1.807, 2.05) is 29.4 Å². The lowest BCUT2D eigenvalue weighted by atomic mass is 10.1. The Morgan fingerprint density at radius 2 is 1.67 bits per heavy atom. The van der Waals surface area contributed by atoms with Crippen LogP contribution in [0, 0.1) is 6.92 Å². The normalized spacial score (nSPS) is 15.3. The minimum absolute atomic E-state index is 0.0270. The molecule has 2 amide bonds. The molecule has 2 heterocycles. The Morgan fingerprint density at radius 3 is 2.33 bits per heavy atom. The summed E-state index contributed by atoms with van der Waals surface area (Å²) in [5.74, 6) is 0. The van der Waals surface area contributed by atoms with Gasteiger partial charge in [-0.15, -0.1) is 0 Å². The highest BCUT2D eigenvalue weighted by Crippen LogP contribution is 2.08. The number of pyridine rings is 1. The van der Waals surface area contributed by atoms with Crippen molar-refractivity contribution in [1.29, 1.82) is 0 Å². The number of benzene rings is 1. The monoisotopic (exact) mass is 324 g/mol. The maximum absolute atomic E-state index is 12.3. The number of aryl methyl sites for hydroxylation is 1. The molecule has 1 N–H and O–H groups in total. The van der Waals surface area contributed by atoms with Crippen LogP contribution in [0.3, 0.4) is 0 Å². The number of carbonyl (C=O) groups is 1. The molecule has 0 atom stereocenters. The Hall–Kier alpha value is -2.40. The highest BCUT2D eigenvalue weighted by atomic mass is 16.2. The minimum Gasteiger partial charge on any atom is -0.334 e. The Morgan fingerprint density at radius 1 is 1.00 bits per heavy atom. The van der Waals surface area contributed by atoms with E-state index in [-0.39, 0.29) is 6.03 Å². The molecule has 5 nitrogen and oxygen atoms in total. The minimum atomic E-state index is 0.0270. The van der Waals surface area contributed by atoms with E-state index in [9.17, 15) is 4.79 Å². The van der Waals surface area contributed by atoms with Crippen LogP contribution in [0.5, 0.6) is 0 Å². The van der Waals surface area contributed by atoms with E-state index in [0.29, 0.717) is 6.54 Å². The van der Waals surface area contributed by atoms with Crippen molar-refractivity contribution in [3.8, 4) is 0 Å². The number of carbonyl (C=O) groups excluding carboxylic acids is 1. The Bertz CT molecular complexity index is 649. The van der Waals surface area contributed by atoms with Crippen LogP contribution in [-0.2, 0) is 13.1 Å². The van der Waals surface area contributed by atoms with Gasteiger partial charge in [0.25, 0.3) is 0 Å². The topological polar surface area (TPSA) is 48.5 Å². The number of hydrogen-bond acceptors (Lipinski definition) is 3. The number of urea groups is 1. The van der Waals surface area contributed by atoms with Crippen molar-refractivity contribution in [2.75, 3.05) is 26.2 Å². The highest BCUT2D eigenvalue weighted by Gasteiger charge is 2.20. The molecule has 2 aromatic rings. The molecule has 0 radical (unpaired) electrons. The van der Waals surface area contributed by atoms with Crippen molar-refractivity contribution in [2.24, 2.45) is 0 Å². The summed E-state index contributed by atoms with van der Waals surface area (Å²) in [7, 11) is 0. The van der Waals surface area contributed by atoms with Crippen LogP contribution in [0.1, 0.15) is 16.7 Å². The van der Waals surface area contributed by atoms with Crippen molar-refractivity contribution in [2.45, 2.75) is 20.0 Å². The number of rotatable bonds is 4. The molecule has 24 heavy (non-hydrogen) atoms. The molecule has 0 bridgehead atoms. The molecular formula is C19H24N4O. The summed E-state index contributed by atoms with van der Waals surface area (Å²) in [4.78, 5) is 20.6. The average molecular weight is 324 g/mol. The lowest BCUT2D eigenvalue weighted by molar-refractivity contribution is 0.135. The van der Waals surface area contributed by atoms with Crippen molar-refractivity contribution in [3.05, 3.63) is 65.5 Å². The second-order valence-electron chi connectivity index (χ2n) is 6.26. The van der Waals surface area contributed by atoms with Gasteiger partial charge in [-0.1, -0.05) is 29.8 Å². The molecular weight excluding hydrogens is 300 g/mol. The fourth-order valence-corrected chi connectivity index (χ4v) is 2.85. The molecule has 1 aromatic carbocycles. The summed E-state index contributed by atoms with van der Waals surface area (Å²) in [6, 6.07) is 12.4. The summed E-state index contributed by atoms with van der Waals surface area (Å²) < 4.78 is 0. The zero-order chi connectivity index (χ0) is 16.8. The van der Waals surface area contributed by atoms with E-state index in [0.717, 1.165) is 38.3 Å². The third kappa shape index (κ3) is 4.55. The summed E-state index contributed by atoms with van der Waals surface area (Å²) in [5.41, 5.74) is 3.63. The molecule has 1 fully saturated rings.